The summed E-state index contributed by atoms with van der Waals surface area (Å²) < 4.78 is 59.2. The van der Waals surface area contributed by atoms with Crippen molar-refractivity contribution in [2.75, 3.05) is 27.2 Å². The van der Waals surface area contributed by atoms with E-state index >= 15 is 0 Å². The van der Waals surface area contributed by atoms with Gasteiger partial charge >= 0.3 is 12.2 Å². The van der Waals surface area contributed by atoms with Crippen LogP contribution in [-0.2, 0) is 23.1 Å². The zero-order valence-electron chi connectivity index (χ0n) is 19.6. The third kappa shape index (κ3) is 6.27. The first-order valence-electron chi connectivity index (χ1n) is 11.2. The second-order valence-electron chi connectivity index (χ2n) is 8.96. The number of alkyl halides is 4. The largest absolute Gasteiger partial charge is 0.416 e. The van der Waals surface area contributed by atoms with Gasteiger partial charge in [-0.25, -0.2) is 9.18 Å². The van der Waals surface area contributed by atoms with Crippen LogP contribution in [0.4, 0.5) is 22.4 Å². The quantitative estimate of drug-likeness (QED) is 0.537. The number of halogens is 4. The molecular formula is C25H31F4N3O2. The summed E-state index contributed by atoms with van der Waals surface area (Å²) in [5, 5.41) is 6.48. The van der Waals surface area contributed by atoms with E-state index in [9.17, 15) is 22.4 Å². The Morgan fingerprint density at radius 3 is 2.50 bits per heavy atom. The average Bonchev–Trinajstić information content (AvgIpc) is 2.83. The lowest BCUT2D eigenvalue weighted by molar-refractivity contribution is -0.137. The van der Waals surface area contributed by atoms with Crippen molar-refractivity contribution in [3.05, 3.63) is 70.8 Å². The summed E-state index contributed by atoms with van der Waals surface area (Å²) in [5.41, 5.74) is -0.223. The Morgan fingerprint density at radius 2 is 1.94 bits per heavy atom. The molecule has 3 rings (SSSR count). The van der Waals surface area contributed by atoms with Gasteiger partial charge in [-0.3, -0.25) is 0 Å². The van der Waals surface area contributed by atoms with E-state index in [-0.39, 0.29) is 29.8 Å². The third-order valence-corrected chi connectivity index (χ3v) is 6.21. The van der Waals surface area contributed by atoms with Gasteiger partial charge in [0.2, 0.25) is 0 Å². The van der Waals surface area contributed by atoms with E-state index in [2.05, 4.69) is 10.6 Å². The van der Waals surface area contributed by atoms with Crippen LogP contribution in [0.25, 0.3) is 0 Å². The first-order valence-corrected chi connectivity index (χ1v) is 11.2. The first-order chi connectivity index (χ1) is 16.0. The zero-order chi connectivity index (χ0) is 24.9. The fraction of sp³-hybridized carbons (Fsp3) is 0.480. The van der Waals surface area contributed by atoms with E-state index < -0.39 is 30.1 Å². The molecule has 0 saturated carbocycles. The molecule has 0 spiro atoms. The molecule has 2 amide bonds. The van der Waals surface area contributed by atoms with Crippen molar-refractivity contribution in [2.24, 2.45) is 0 Å². The molecule has 9 heteroatoms. The van der Waals surface area contributed by atoms with Gasteiger partial charge in [0.05, 0.1) is 23.8 Å². The van der Waals surface area contributed by atoms with Crippen LogP contribution < -0.4 is 10.6 Å². The minimum atomic E-state index is -4.57. The van der Waals surface area contributed by atoms with Crippen LogP contribution in [0.5, 0.6) is 0 Å². The standard InChI is InChI=1S/C25H31F4N3O2/c1-17(19-11-18(14-26)12-21(13-19)25(27,28)29)34-16-24(20-7-5-4-6-8-20)10-9-22(15-30-24)31-23(33)32(2)3/h4-8,11-13,17,22,30H,9-10,14-16H2,1-3H3,(H,31,33)/t17?,22-,24+/m0/s1. The monoisotopic (exact) mass is 481 g/mol. The number of benzene rings is 2. The molecule has 1 aliphatic heterocycles. The highest BCUT2D eigenvalue weighted by molar-refractivity contribution is 5.73. The molecule has 34 heavy (non-hydrogen) atoms. The molecule has 0 bridgehead atoms. The number of carbonyl (C=O) groups excluding carboxylic acids is 1. The topological polar surface area (TPSA) is 53.6 Å². The Bertz CT molecular complexity index is 958. The summed E-state index contributed by atoms with van der Waals surface area (Å²) in [7, 11) is 3.36. The molecule has 1 unspecified atom stereocenters. The summed E-state index contributed by atoms with van der Waals surface area (Å²) in [6.45, 7) is 1.40. The van der Waals surface area contributed by atoms with Crippen molar-refractivity contribution in [2.45, 2.75) is 50.3 Å². The lowest BCUT2D eigenvalue weighted by atomic mass is 9.81. The van der Waals surface area contributed by atoms with Gasteiger partial charge in [0.15, 0.2) is 0 Å². The van der Waals surface area contributed by atoms with Crippen molar-refractivity contribution >= 4 is 6.03 Å². The fourth-order valence-electron chi connectivity index (χ4n) is 4.12. The van der Waals surface area contributed by atoms with E-state index in [4.69, 9.17) is 4.74 Å². The molecule has 3 atom stereocenters. The number of hydrogen-bond acceptors (Lipinski definition) is 3. The lowest BCUT2D eigenvalue weighted by Crippen LogP contribution is -2.58. The van der Waals surface area contributed by atoms with E-state index in [1.165, 1.54) is 11.0 Å². The molecule has 2 aromatic carbocycles. The van der Waals surface area contributed by atoms with Crippen LogP contribution >= 0.6 is 0 Å². The van der Waals surface area contributed by atoms with Gasteiger partial charge in [0.1, 0.15) is 6.67 Å². The molecule has 0 radical (unpaired) electrons. The highest BCUT2D eigenvalue weighted by Gasteiger charge is 2.38. The number of amides is 2. The normalized spacial score (nSPS) is 21.7. The molecular weight excluding hydrogens is 450 g/mol. The number of carbonyl (C=O) groups is 1. The summed E-state index contributed by atoms with van der Waals surface area (Å²) in [5.74, 6) is 0. The molecule has 5 nitrogen and oxygen atoms in total. The summed E-state index contributed by atoms with van der Waals surface area (Å²) in [6.07, 6.45) is -3.89. The molecule has 1 heterocycles. The maximum absolute atomic E-state index is 13.3. The lowest BCUT2D eigenvalue weighted by Gasteiger charge is -2.42. The smallest absolute Gasteiger partial charge is 0.372 e. The minimum absolute atomic E-state index is 0.0340. The number of nitrogens with one attached hydrogen (secondary N) is 2. The number of ether oxygens (including phenoxy) is 1. The molecule has 186 valence electrons. The zero-order valence-corrected chi connectivity index (χ0v) is 19.6. The summed E-state index contributed by atoms with van der Waals surface area (Å²) >= 11 is 0. The Kier molecular flexibility index (Phi) is 8.20. The highest BCUT2D eigenvalue weighted by atomic mass is 19.4. The van der Waals surface area contributed by atoms with Crippen LogP contribution in [0.3, 0.4) is 0 Å². The van der Waals surface area contributed by atoms with Crippen LogP contribution in [0.1, 0.15) is 48.1 Å². The Labute approximate surface area is 197 Å². The van der Waals surface area contributed by atoms with Gasteiger partial charge in [0, 0.05) is 26.7 Å². The van der Waals surface area contributed by atoms with Gasteiger partial charge in [-0.1, -0.05) is 36.4 Å². The predicted octanol–water partition coefficient (Wildman–Crippen LogP) is 5.17. The van der Waals surface area contributed by atoms with Gasteiger partial charge in [-0.15, -0.1) is 0 Å². The first kappa shape index (κ1) is 26.0. The summed E-state index contributed by atoms with van der Waals surface area (Å²) in [6, 6.07) is 12.7. The van der Waals surface area contributed by atoms with Crippen molar-refractivity contribution in [1.82, 2.24) is 15.5 Å². The second-order valence-corrected chi connectivity index (χ2v) is 8.96. The van der Waals surface area contributed by atoms with Crippen LogP contribution in [0, 0.1) is 0 Å². The van der Waals surface area contributed by atoms with E-state index in [1.54, 1.807) is 21.0 Å². The van der Waals surface area contributed by atoms with Gasteiger partial charge in [-0.2, -0.15) is 13.2 Å². The number of rotatable bonds is 7. The minimum Gasteiger partial charge on any atom is -0.372 e. The number of hydrogen-bond donors (Lipinski definition) is 2. The molecule has 0 aliphatic carbocycles. The van der Waals surface area contributed by atoms with Gasteiger partial charge in [-0.05, 0) is 48.6 Å². The second kappa shape index (κ2) is 10.7. The average molecular weight is 482 g/mol. The highest BCUT2D eigenvalue weighted by Crippen LogP contribution is 2.35. The number of piperidine rings is 1. The summed E-state index contributed by atoms with van der Waals surface area (Å²) in [4.78, 5) is 13.5. The van der Waals surface area contributed by atoms with Crippen LogP contribution in [0.2, 0.25) is 0 Å². The number of urea groups is 1. The van der Waals surface area contributed by atoms with Gasteiger partial charge < -0.3 is 20.3 Å². The van der Waals surface area contributed by atoms with Crippen LogP contribution in [-0.4, -0.2) is 44.2 Å². The molecule has 0 aromatic heterocycles. The van der Waals surface area contributed by atoms with Crippen molar-refractivity contribution in [3.8, 4) is 0 Å². The Hall–Kier alpha value is -2.65. The molecule has 2 aromatic rings. The number of nitrogens with zero attached hydrogens (tertiary/aromatic N) is 1. The molecule has 1 aliphatic rings. The molecule has 2 N–H and O–H groups in total. The third-order valence-electron chi connectivity index (χ3n) is 6.21. The molecule has 1 fully saturated rings. The maximum atomic E-state index is 13.3. The van der Waals surface area contributed by atoms with Crippen LogP contribution in [0.15, 0.2) is 48.5 Å². The fourth-order valence-corrected chi connectivity index (χ4v) is 4.12. The van der Waals surface area contributed by atoms with Gasteiger partial charge in [0.25, 0.3) is 0 Å². The van der Waals surface area contributed by atoms with Crippen molar-refractivity contribution in [1.29, 1.82) is 0 Å². The Balaban J connectivity index is 1.77. The maximum Gasteiger partial charge on any atom is 0.416 e. The molecule has 1 saturated heterocycles. The van der Waals surface area contributed by atoms with E-state index in [0.717, 1.165) is 17.7 Å². The van der Waals surface area contributed by atoms with E-state index in [0.29, 0.717) is 19.4 Å². The predicted molar refractivity (Wildman–Crippen MR) is 122 cm³/mol. The van der Waals surface area contributed by atoms with Crippen molar-refractivity contribution < 1.29 is 27.1 Å². The van der Waals surface area contributed by atoms with E-state index in [1.807, 2.05) is 30.3 Å². The SMILES string of the molecule is CC(OC[C@@]1(c2ccccc2)CC[C@H](NC(=O)N(C)C)CN1)c1cc(CF)cc(C(F)(F)F)c1. The van der Waals surface area contributed by atoms with Crippen molar-refractivity contribution in [3.63, 3.8) is 0 Å². The Morgan fingerprint density at radius 1 is 1.24 bits per heavy atom.